The lowest BCUT2D eigenvalue weighted by Crippen LogP contribution is -2.24. The molecule has 0 saturated heterocycles. The van der Waals surface area contributed by atoms with E-state index in [2.05, 4.69) is 6.92 Å². The number of rotatable bonds is 3. The maximum absolute atomic E-state index is 11.8. The molecule has 1 aromatic heterocycles. The van der Waals surface area contributed by atoms with Crippen molar-refractivity contribution >= 4 is 5.97 Å². The molecule has 17 heavy (non-hydrogen) atoms. The molecule has 1 aromatic rings. The zero-order valence-electron chi connectivity index (χ0n) is 10.1. The molecule has 2 rings (SSSR count). The van der Waals surface area contributed by atoms with Gasteiger partial charge in [-0.2, -0.15) is 0 Å². The zero-order chi connectivity index (χ0) is 12.3. The van der Waals surface area contributed by atoms with E-state index < -0.39 is 0 Å². The predicted molar refractivity (Wildman–Crippen MR) is 63.4 cm³/mol. The molecule has 1 fully saturated rings. The van der Waals surface area contributed by atoms with Crippen LogP contribution in [-0.2, 0) is 11.3 Å². The second-order valence-electron chi connectivity index (χ2n) is 4.77. The van der Waals surface area contributed by atoms with Crippen molar-refractivity contribution in [2.75, 3.05) is 0 Å². The maximum Gasteiger partial charge on any atom is 0.374 e. The highest BCUT2D eigenvalue weighted by molar-refractivity contribution is 5.86. The van der Waals surface area contributed by atoms with Crippen LogP contribution in [0.1, 0.15) is 48.9 Å². The number of esters is 1. The molecular formula is C13H19NO3. The highest BCUT2D eigenvalue weighted by Gasteiger charge is 2.23. The Bertz CT molecular complexity index is 386. The molecule has 94 valence electrons. The van der Waals surface area contributed by atoms with Gasteiger partial charge in [0.25, 0.3) is 0 Å². The normalized spacial score (nSPS) is 24.6. The molecule has 2 atom stereocenters. The first-order chi connectivity index (χ1) is 8.19. The summed E-state index contributed by atoms with van der Waals surface area (Å²) in [6, 6.07) is 3.33. The van der Waals surface area contributed by atoms with Crippen LogP contribution in [0.15, 0.2) is 16.5 Å². The average Bonchev–Trinajstić information content (AvgIpc) is 2.77. The number of carbonyl (C=O) groups is 1. The molecule has 0 spiro atoms. The van der Waals surface area contributed by atoms with Gasteiger partial charge in [-0.15, -0.1) is 0 Å². The SMILES string of the molecule is CC1CCCC(OC(=O)c2ccc(CN)o2)C1. The molecule has 0 radical (unpaired) electrons. The molecule has 0 amide bonds. The Balaban J connectivity index is 1.92. The number of carbonyl (C=O) groups excluding carboxylic acids is 1. The number of hydrogen-bond donors (Lipinski definition) is 1. The van der Waals surface area contributed by atoms with Gasteiger partial charge in [-0.1, -0.05) is 13.3 Å². The van der Waals surface area contributed by atoms with E-state index in [1.165, 1.54) is 6.42 Å². The smallest absolute Gasteiger partial charge is 0.374 e. The van der Waals surface area contributed by atoms with Gasteiger partial charge in [-0.05, 0) is 37.3 Å². The molecule has 1 aliphatic rings. The lowest BCUT2D eigenvalue weighted by atomic mass is 9.89. The summed E-state index contributed by atoms with van der Waals surface area (Å²) in [5, 5.41) is 0. The van der Waals surface area contributed by atoms with E-state index in [0.29, 0.717) is 18.2 Å². The summed E-state index contributed by atoms with van der Waals surface area (Å²) >= 11 is 0. The van der Waals surface area contributed by atoms with E-state index in [1.54, 1.807) is 12.1 Å². The van der Waals surface area contributed by atoms with Crippen molar-refractivity contribution in [3.8, 4) is 0 Å². The Morgan fingerprint density at radius 2 is 2.35 bits per heavy atom. The van der Waals surface area contributed by atoms with E-state index in [4.69, 9.17) is 14.9 Å². The van der Waals surface area contributed by atoms with Crippen molar-refractivity contribution in [2.45, 2.75) is 45.3 Å². The standard InChI is InChI=1S/C13H19NO3/c1-9-3-2-4-10(7-9)17-13(15)12-6-5-11(8-14)16-12/h5-6,9-10H,2-4,7-8,14H2,1H3. The van der Waals surface area contributed by atoms with E-state index in [-0.39, 0.29) is 17.8 Å². The minimum atomic E-state index is -0.371. The van der Waals surface area contributed by atoms with E-state index in [1.807, 2.05) is 0 Å². The number of ether oxygens (including phenoxy) is 1. The first-order valence-corrected chi connectivity index (χ1v) is 6.19. The molecule has 2 N–H and O–H groups in total. The third kappa shape index (κ3) is 3.09. The van der Waals surface area contributed by atoms with Gasteiger partial charge >= 0.3 is 5.97 Å². The topological polar surface area (TPSA) is 65.5 Å². The van der Waals surface area contributed by atoms with Crippen molar-refractivity contribution in [3.63, 3.8) is 0 Å². The van der Waals surface area contributed by atoms with Crippen molar-refractivity contribution in [3.05, 3.63) is 23.7 Å². The molecule has 4 heteroatoms. The zero-order valence-corrected chi connectivity index (χ0v) is 10.1. The number of furan rings is 1. The highest BCUT2D eigenvalue weighted by Crippen LogP contribution is 2.26. The van der Waals surface area contributed by atoms with E-state index >= 15 is 0 Å². The van der Waals surface area contributed by atoms with Gasteiger partial charge in [0.15, 0.2) is 0 Å². The van der Waals surface area contributed by atoms with Crippen LogP contribution in [0.2, 0.25) is 0 Å². The fraction of sp³-hybridized carbons (Fsp3) is 0.615. The van der Waals surface area contributed by atoms with Crippen LogP contribution in [0.3, 0.4) is 0 Å². The van der Waals surface area contributed by atoms with Crippen molar-refractivity contribution in [1.29, 1.82) is 0 Å². The number of hydrogen-bond acceptors (Lipinski definition) is 4. The second-order valence-corrected chi connectivity index (χ2v) is 4.77. The fourth-order valence-electron chi connectivity index (χ4n) is 2.29. The molecule has 0 aromatic carbocycles. The quantitative estimate of drug-likeness (QED) is 0.820. The summed E-state index contributed by atoms with van der Waals surface area (Å²) in [5.41, 5.74) is 5.42. The lowest BCUT2D eigenvalue weighted by molar-refractivity contribution is 0.0121. The largest absolute Gasteiger partial charge is 0.457 e. The third-order valence-corrected chi connectivity index (χ3v) is 3.23. The molecule has 1 aliphatic carbocycles. The molecule has 1 saturated carbocycles. The lowest BCUT2D eigenvalue weighted by Gasteiger charge is -2.26. The van der Waals surface area contributed by atoms with Gasteiger partial charge in [0.2, 0.25) is 5.76 Å². The summed E-state index contributed by atoms with van der Waals surface area (Å²) in [5.74, 6) is 1.12. The third-order valence-electron chi connectivity index (χ3n) is 3.23. The summed E-state index contributed by atoms with van der Waals surface area (Å²) < 4.78 is 10.7. The molecule has 2 unspecified atom stereocenters. The van der Waals surface area contributed by atoms with Gasteiger partial charge in [0.1, 0.15) is 11.9 Å². The Labute approximate surface area is 101 Å². The Morgan fingerprint density at radius 3 is 3.00 bits per heavy atom. The van der Waals surface area contributed by atoms with Gasteiger partial charge in [-0.25, -0.2) is 4.79 Å². The van der Waals surface area contributed by atoms with Gasteiger partial charge in [0.05, 0.1) is 6.54 Å². The van der Waals surface area contributed by atoms with Crippen LogP contribution in [0.5, 0.6) is 0 Å². The minimum Gasteiger partial charge on any atom is -0.457 e. The minimum absolute atomic E-state index is 0.0395. The first kappa shape index (κ1) is 12.2. The van der Waals surface area contributed by atoms with Crippen LogP contribution in [0.4, 0.5) is 0 Å². The summed E-state index contributed by atoms with van der Waals surface area (Å²) in [7, 11) is 0. The average molecular weight is 237 g/mol. The van der Waals surface area contributed by atoms with Crippen LogP contribution in [0.25, 0.3) is 0 Å². The predicted octanol–water partition coefficient (Wildman–Crippen LogP) is 2.47. The van der Waals surface area contributed by atoms with Crippen molar-refractivity contribution in [2.24, 2.45) is 11.7 Å². The van der Waals surface area contributed by atoms with Gasteiger partial charge < -0.3 is 14.9 Å². The summed E-state index contributed by atoms with van der Waals surface area (Å²) in [4.78, 5) is 11.8. The molecule has 1 heterocycles. The van der Waals surface area contributed by atoms with Crippen LogP contribution < -0.4 is 5.73 Å². The molecule has 4 nitrogen and oxygen atoms in total. The number of nitrogens with two attached hydrogens (primary N) is 1. The molecule has 0 bridgehead atoms. The Kier molecular flexibility index (Phi) is 3.84. The monoisotopic (exact) mass is 237 g/mol. The highest BCUT2D eigenvalue weighted by atomic mass is 16.6. The second kappa shape index (κ2) is 5.36. The fourth-order valence-corrected chi connectivity index (χ4v) is 2.29. The first-order valence-electron chi connectivity index (χ1n) is 6.19. The van der Waals surface area contributed by atoms with Crippen molar-refractivity contribution < 1.29 is 13.9 Å². The summed E-state index contributed by atoms with van der Waals surface area (Å²) in [6.45, 7) is 2.49. The van der Waals surface area contributed by atoms with E-state index in [9.17, 15) is 4.79 Å². The van der Waals surface area contributed by atoms with Crippen molar-refractivity contribution in [1.82, 2.24) is 0 Å². The van der Waals surface area contributed by atoms with Crippen LogP contribution in [0, 0.1) is 5.92 Å². The van der Waals surface area contributed by atoms with Gasteiger partial charge in [0, 0.05) is 0 Å². The van der Waals surface area contributed by atoms with E-state index in [0.717, 1.165) is 19.3 Å². The van der Waals surface area contributed by atoms with Crippen LogP contribution >= 0.6 is 0 Å². The maximum atomic E-state index is 11.8. The Hall–Kier alpha value is -1.29. The Morgan fingerprint density at radius 1 is 1.53 bits per heavy atom. The van der Waals surface area contributed by atoms with Crippen LogP contribution in [-0.4, -0.2) is 12.1 Å². The molecule has 0 aliphatic heterocycles. The molecular weight excluding hydrogens is 218 g/mol. The van der Waals surface area contributed by atoms with Gasteiger partial charge in [-0.3, -0.25) is 0 Å². The summed E-state index contributed by atoms with van der Waals surface area (Å²) in [6.07, 6.45) is 4.31.